The molecule has 1 aromatic heterocycles. The summed E-state index contributed by atoms with van der Waals surface area (Å²) in [4.78, 5) is 8.73. The van der Waals surface area contributed by atoms with Gasteiger partial charge in [0.1, 0.15) is 24.3 Å². The summed E-state index contributed by atoms with van der Waals surface area (Å²) >= 11 is 0. The summed E-state index contributed by atoms with van der Waals surface area (Å²) in [5.74, 6) is 0.678. The third-order valence-corrected chi connectivity index (χ3v) is 6.37. The van der Waals surface area contributed by atoms with E-state index in [1.807, 2.05) is 38.1 Å². The molecule has 30 heavy (non-hydrogen) atoms. The van der Waals surface area contributed by atoms with Gasteiger partial charge in [0.05, 0.1) is 11.8 Å². The molecule has 1 aliphatic carbocycles. The number of aliphatic hydroxyl groups is 2. The summed E-state index contributed by atoms with van der Waals surface area (Å²) in [7, 11) is 0. The second-order valence-corrected chi connectivity index (χ2v) is 8.54. The highest BCUT2D eigenvalue weighted by atomic mass is 16.5. The summed E-state index contributed by atoms with van der Waals surface area (Å²) in [6, 6.07) is 6.55. The third-order valence-electron chi connectivity index (χ3n) is 6.37. The van der Waals surface area contributed by atoms with Gasteiger partial charge in [-0.15, -0.1) is 0 Å². The molecule has 0 spiro atoms. The minimum absolute atomic E-state index is 0.124. The van der Waals surface area contributed by atoms with Crippen molar-refractivity contribution in [1.29, 1.82) is 0 Å². The minimum Gasteiger partial charge on any atom is -0.487 e. The van der Waals surface area contributed by atoms with Crippen LogP contribution in [0.25, 0.3) is 6.08 Å². The predicted molar refractivity (Wildman–Crippen MR) is 116 cm³/mol. The number of nitrogens with zero attached hydrogens (tertiary/aromatic N) is 2. The minimum atomic E-state index is -0.922. The number of benzene rings is 1. The molecule has 5 atom stereocenters. The van der Waals surface area contributed by atoms with Crippen molar-refractivity contribution < 1.29 is 14.9 Å². The fourth-order valence-corrected chi connectivity index (χ4v) is 4.68. The zero-order valence-electron chi connectivity index (χ0n) is 17.9. The number of hydrogen-bond acceptors (Lipinski definition) is 6. The summed E-state index contributed by atoms with van der Waals surface area (Å²) in [6.45, 7) is 6.85. The molecule has 4 rings (SSSR count). The largest absolute Gasteiger partial charge is 0.487 e. The van der Waals surface area contributed by atoms with Crippen molar-refractivity contribution in [1.82, 2.24) is 15.3 Å². The van der Waals surface area contributed by atoms with Crippen molar-refractivity contribution in [2.75, 3.05) is 0 Å². The maximum absolute atomic E-state index is 10.7. The molecule has 2 aliphatic rings. The Morgan fingerprint density at radius 1 is 1.23 bits per heavy atom. The molecule has 6 nitrogen and oxygen atoms in total. The smallest absolute Gasteiger partial charge is 0.127 e. The number of aromatic nitrogens is 2. The molecular formula is C24H31N3O3. The third kappa shape index (κ3) is 4.13. The van der Waals surface area contributed by atoms with Crippen LogP contribution in [0.5, 0.6) is 5.75 Å². The van der Waals surface area contributed by atoms with Gasteiger partial charge in [-0.2, -0.15) is 0 Å². The van der Waals surface area contributed by atoms with Crippen molar-refractivity contribution in [3.63, 3.8) is 0 Å². The second kappa shape index (κ2) is 8.84. The molecule has 1 aliphatic heterocycles. The van der Waals surface area contributed by atoms with E-state index in [-0.39, 0.29) is 5.92 Å². The van der Waals surface area contributed by atoms with Crippen molar-refractivity contribution in [2.24, 2.45) is 5.92 Å². The lowest BCUT2D eigenvalue weighted by Crippen LogP contribution is -2.36. The molecule has 0 bridgehead atoms. The Morgan fingerprint density at radius 2 is 2.07 bits per heavy atom. The Kier molecular flexibility index (Phi) is 6.18. The van der Waals surface area contributed by atoms with E-state index in [0.717, 1.165) is 41.2 Å². The van der Waals surface area contributed by atoms with Gasteiger partial charge in [-0.1, -0.05) is 24.3 Å². The number of hydrogen-bond donors (Lipinski definition) is 3. The molecule has 0 saturated heterocycles. The molecule has 2 aromatic rings. The molecule has 160 valence electrons. The number of fused-ring (bicyclic) bond motifs is 1. The summed E-state index contributed by atoms with van der Waals surface area (Å²) in [5.41, 5.74) is 5.24. The van der Waals surface area contributed by atoms with Gasteiger partial charge in [0.25, 0.3) is 0 Å². The van der Waals surface area contributed by atoms with E-state index < -0.39 is 18.3 Å². The lowest BCUT2D eigenvalue weighted by atomic mass is 9.95. The SMILES string of the molecule is C/C=C\c1c(C)ncnc1CC1CC(Oc2cccc3c2CNC(C)C3)C(O)C1O. The molecule has 1 fully saturated rings. The number of ether oxygens (including phenoxy) is 1. The van der Waals surface area contributed by atoms with Crippen LogP contribution in [0.1, 0.15) is 48.3 Å². The summed E-state index contributed by atoms with van der Waals surface area (Å²) < 4.78 is 6.26. The van der Waals surface area contributed by atoms with Gasteiger partial charge >= 0.3 is 0 Å². The Balaban J connectivity index is 1.51. The zero-order chi connectivity index (χ0) is 21.3. The van der Waals surface area contributed by atoms with Crippen LogP contribution in [0.15, 0.2) is 30.6 Å². The van der Waals surface area contributed by atoms with E-state index >= 15 is 0 Å². The first kappa shape index (κ1) is 21.0. The van der Waals surface area contributed by atoms with Crippen LogP contribution < -0.4 is 10.1 Å². The van der Waals surface area contributed by atoms with Gasteiger partial charge in [0.15, 0.2) is 0 Å². The zero-order valence-corrected chi connectivity index (χ0v) is 17.9. The Bertz CT molecular complexity index is 930. The monoisotopic (exact) mass is 409 g/mol. The van der Waals surface area contributed by atoms with E-state index in [9.17, 15) is 10.2 Å². The lowest BCUT2D eigenvalue weighted by molar-refractivity contribution is -0.0183. The van der Waals surface area contributed by atoms with Gasteiger partial charge in [-0.05, 0) is 57.6 Å². The van der Waals surface area contributed by atoms with Crippen LogP contribution in [-0.2, 0) is 19.4 Å². The molecule has 0 radical (unpaired) electrons. The van der Waals surface area contributed by atoms with Gasteiger partial charge in [0.2, 0.25) is 0 Å². The first-order chi connectivity index (χ1) is 14.5. The van der Waals surface area contributed by atoms with Crippen molar-refractivity contribution in [3.05, 3.63) is 58.7 Å². The topological polar surface area (TPSA) is 87.5 Å². The molecular weight excluding hydrogens is 378 g/mol. The highest BCUT2D eigenvalue weighted by Crippen LogP contribution is 2.35. The molecule has 5 unspecified atom stereocenters. The molecule has 1 aromatic carbocycles. The fraction of sp³-hybridized carbons (Fsp3) is 0.500. The Hall–Kier alpha value is -2.28. The van der Waals surface area contributed by atoms with E-state index in [1.165, 1.54) is 5.56 Å². The average Bonchev–Trinajstić information content (AvgIpc) is 2.98. The van der Waals surface area contributed by atoms with Gasteiger partial charge in [-0.3, -0.25) is 0 Å². The number of rotatable bonds is 5. The highest BCUT2D eigenvalue weighted by molar-refractivity contribution is 5.53. The van der Waals surface area contributed by atoms with Gasteiger partial charge in [-0.25, -0.2) is 9.97 Å². The van der Waals surface area contributed by atoms with Crippen LogP contribution in [0.3, 0.4) is 0 Å². The van der Waals surface area contributed by atoms with Crippen LogP contribution in [0, 0.1) is 12.8 Å². The highest BCUT2D eigenvalue weighted by Gasteiger charge is 2.43. The van der Waals surface area contributed by atoms with Crippen LogP contribution >= 0.6 is 0 Å². The molecule has 3 N–H and O–H groups in total. The van der Waals surface area contributed by atoms with Crippen LogP contribution in [0.2, 0.25) is 0 Å². The Morgan fingerprint density at radius 3 is 2.87 bits per heavy atom. The second-order valence-electron chi connectivity index (χ2n) is 8.54. The van der Waals surface area contributed by atoms with E-state index in [0.29, 0.717) is 18.9 Å². The maximum atomic E-state index is 10.7. The van der Waals surface area contributed by atoms with Crippen LogP contribution in [-0.4, -0.2) is 44.5 Å². The van der Waals surface area contributed by atoms with E-state index in [1.54, 1.807) is 6.33 Å². The average molecular weight is 410 g/mol. The fourth-order valence-electron chi connectivity index (χ4n) is 4.68. The number of aliphatic hydroxyl groups excluding tert-OH is 2. The summed E-state index contributed by atoms with van der Waals surface area (Å²) in [6.07, 6.45) is 5.44. The van der Waals surface area contributed by atoms with E-state index in [4.69, 9.17) is 4.74 Å². The van der Waals surface area contributed by atoms with Crippen LogP contribution in [0.4, 0.5) is 0 Å². The first-order valence-electron chi connectivity index (χ1n) is 10.8. The maximum Gasteiger partial charge on any atom is 0.127 e. The van der Waals surface area contributed by atoms with Crippen molar-refractivity contribution >= 4 is 6.08 Å². The van der Waals surface area contributed by atoms with Gasteiger partial charge in [0, 0.05) is 29.4 Å². The predicted octanol–water partition coefficient (Wildman–Crippen LogP) is 2.58. The summed E-state index contributed by atoms with van der Waals surface area (Å²) in [5, 5.41) is 24.9. The number of allylic oxidation sites excluding steroid dienone is 1. The molecule has 1 saturated carbocycles. The lowest BCUT2D eigenvalue weighted by Gasteiger charge is -2.27. The molecule has 0 amide bonds. The number of nitrogens with one attached hydrogen (secondary N) is 1. The Labute approximate surface area is 178 Å². The quantitative estimate of drug-likeness (QED) is 0.704. The molecule has 2 heterocycles. The standard InChI is InChI=1S/C24H31N3O3/c1-4-6-18-15(3)26-13-27-20(18)10-17-11-22(24(29)23(17)28)30-21-8-5-7-16-9-14(2)25-12-19(16)21/h4-8,13-14,17,22-25,28-29H,9-12H2,1-3H3/b6-4-. The first-order valence-corrected chi connectivity index (χ1v) is 10.8. The van der Waals surface area contributed by atoms with Crippen molar-refractivity contribution in [3.8, 4) is 5.75 Å². The normalized spacial score (nSPS) is 28.6. The molecule has 6 heteroatoms. The van der Waals surface area contributed by atoms with Gasteiger partial charge < -0.3 is 20.3 Å². The van der Waals surface area contributed by atoms with Crippen molar-refractivity contribution in [2.45, 2.75) is 70.9 Å². The van der Waals surface area contributed by atoms with E-state index in [2.05, 4.69) is 28.3 Å². The number of aryl methyl sites for hydroxylation is 1.